The number of halogens is 1. The third kappa shape index (κ3) is 3.68. The Bertz CT molecular complexity index is 772. The first-order valence-electron chi connectivity index (χ1n) is 8.45. The highest BCUT2D eigenvalue weighted by atomic mass is 35.5. The van der Waals surface area contributed by atoms with E-state index < -0.39 is 0 Å². The first-order chi connectivity index (χ1) is 11.8. The van der Waals surface area contributed by atoms with Gasteiger partial charge in [0.15, 0.2) is 5.69 Å². The molecule has 1 aliphatic heterocycles. The van der Waals surface area contributed by atoms with Crippen molar-refractivity contribution in [2.45, 2.75) is 33.2 Å². The van der Waals surface area contributed by atoms with Crippen molar-refractivity contribution < 1.29 is 9.53 Å². The molecule has 0 radical (unpaired) electrons. The molecule has 1 aromatic carbocycles. The zero-order valence-electron chi connectivity index (χ0n) is 15.6. The minimum absolute atomic E-state index is 0. The fourth-order valence-corrected chi connectivity index (χ4v) is 3.19. The summed E-state index contributed by atoms with van der Waals surface area (Å²) in [6.07, 6.45) is 0.796. The predicted molar refractivity (Wildman–Crippen MR) is 102 cm³/mol. The van der Waals surface area contributed by atoms with Crippen LogP contribution < -0.4 is 10.5 Å². The second-order valence-corrected chi connectivity index (χ2v) is 7.24. The Hall–Kier alpha value is -2.12. The minimum Gasteiger partial charge on any atom is -0.497 e. The number of rotatable bonds is 3. The van der Waals surface area contributed by atoms with Gasteiger partial charge in [0.05, 0.1) is 18.5 Å². The number of likely N-dealkylation sites (tertiary alicyclic amines) is 1. The van der Waals surface area contributed by atoms with Gasteiger partial charge in [-0.1, -0.05) is 19.1 Å². The molecule has 1 unspecified atom stereocenters. The van der Waals surface area contributed by atoms with Crippen LogP contribution in [0.25, 0.3) is 5.69 Å². The third-order valence-electron chi connectivity index (χ3n) is 5.01. The highest BCUT2D eigenvalue weighted by molar-refractivity contribution is 5.93. The van der Waals surface area contributed by atoms with E-state index in [1.807, 2.05) is 36.1 Å². The van der Waals surface area contributed by atoms with E-state index in [4.69, 9.17) is 10.5 Å². The van der Waals surface area contributed by atoms with Gasteiger partial charge in [-0.25, -0.2) is 4.68 Å². The normalized spacial score (nSPS) is 19.0. The van der Waals surface area contributed by atoms with E-state index in [-0.39, 0.29) is 29.8 Å². The monoisotopic (exact) mass is 379 g/mol. The maximum atomic E-state index is 12.9. The van der Waals surface area contributed by atoms with Crippen molar-refractivity contribution in [3.8, 4) is 11.4 Å². The van der Waals surface area contributed by atoms with Gasteiger partial charge in [-0.05, 0) is 43.0 Å². The molecule has 2 heterocycles. The van der Waals surface area contributed by atoms with Crippen LogP contribution in [0.1, 0.15) is 36.5 Å². The summed E-state index contributed by atoms with van der Waals surface area (Å²) in [5.41, 5.74) is 8.02. The Labute approximate surface area is 159 Å². The molecule has 1 atom stereocenters. The number of piperidine rings is 1. The van der Waals surface area contributed by atoms with Crippen molar-refractivity contribution in [1.29, 1.82) is 0 Å². The molecule has 1 amide bonds. The smallest absolute Gasteiger partial charge is 0.276 e. The number of nitrogens with two attached hydrogens (primary N) is 1. The number of methoxy groups -OCH3 is 1. The van der Waals surface area contributed by atoms with Crippen molar-refractivity contribution >= 4 is 18.3 Å². The Kier molecular flexibility index (Phi) is 5.93. The predicted octanol–water partition coefficient (Wildman–Crippen LogP) is 2.21. The molecular formula is C18H26ClN5O2. The molecule has 7 nitrogen and oxygen atoms in total. The second-order valence-electron chi connectivity index (χ2n) is 7.24. The third-order valence-corrected chi connectivity index (χ3v) is 5.01. The average Bonchev–Trinajstić information content (AvgIpc) is 2.98. The molecular weight excluding hydrogens is 354 g/mol. The van der Waals surface area contributed by atoms with E-state index in [1.54, 1.807) is 11.8 Å². The molecule has 26 heavy (non-hydrogen) atoms. The van der Waals surface area contributed by atoms with E-state index in [2.05, 4.69) is 24.2 Å². The van der Waals surface area contributed by atoms with Gasteiger partial charge in [-0.3, -0.25) is 4.79 Å². The summed E-state index contributed by atoms with van der Waals surface area (Å²) < 4.78 is 6.84. The molecule has 0 aliphatic carbocycles. The number of hydrogen-bond donors (Lipinski definition) is 1. The number of amides is 1. The molecule has 1 saturated heterocycles. The summed E-state index contributed by atoms with van der Waals surface area (Å²) >= 11 is 0. The van der Waals surface area contributed by atoms with Gasteiger partial charge in [0.2, 0.25) is 0 Å². The molecule has 1 aromatic heterocycles. The number of carbonyl (C=O) groups is 1. The van der Waals surface area contributed by atoms with Gasteiger partial charge in [0.1, 0.15) is 5.75 Å². The zero-order valence-corrected chi connectivity index (χ0v) is 16.4. The molecule has 3 rings (SSSR count). The topological polar surface area (TPSA) is 86.3 Å². The SMILES string of the molecule is COc1ccc(-n2nnc(C(=O)N3CCC(N)C(C)(C)C3)c2C)cc1.Cl. The lowest BCUT2D eigenvalue weighted by Crippen LogP contribution is -2.54. The number of carbonyl (C=O) groups excluding carboxylic acids is 1. The zero-order chi connectivity index (χ0) is 18.2. The lowest BCUT2D eigenvalue weighted by atomic mass is 9.79. The van der Waals surface area contributed by atoms with Crippen LogP contribution >= 0.6 is 12.4 Å². The molecule has 1 aliphatic rings. The van der Waals surface area contributed by atoms with Crippen LogP contribution in [0.2, 0.25) is 0 Å². The minimum atomic E-state index is -0.103. The molecule has 0 saturated carbocycles. The van der Waals surface area contributed by atoms with E-state index in [9.17, 15) is 4.79 Å². The Balaban J connectivity index is 0.00000243. The van der Waals surface area contributed by atoms with E-state index >= 15 is 0 Å². The summed E-state index contributed by atoms with van der Waals surface area (Å²) in [5, 5.41) is 8.30. The molecule has 1 fully saturated rings. The van der Waals surface area contributed by atoms with Gasteiger partial charge in [0, 0.05) is 19.1 Å². The van der Waals surface area contributed by atoms with Gasteiger partial charge >= 0.3 is 0 Å². The summed E-state index contributed by atoms with van der Waals surface area (Å²) in [6.45, 7) is 7.33. The van der Waals surface area contributed by atoms with Crippen molar-refractivity contribution in [3.05, 3.63) is 35.7 Å². The first-order valence-corrected chi connectivity index (χ1v) is 8.45. The van der Waals surface area contributed by atoms with Crippen molar-refractivity contribution in [3.63, 3.8) is 0 Å². The summed E-state index contributed by atoms with van der Waals surface area (Å²) in [6, 6.07) is 7.59. The fourth-order valence-electron chi connectivity index (χ4n) is 3.19. The number of nitrogens with zero attached hydrogens (tertiary/aromatic N) is 4. The second kappa shape index (κ2) is 7.63. The van der Waals surface area contributed by atoms with Crippen molar-refractivity contribution in [2.75, 3.05) is 20.2 Å². The highest BCUT2D eigenvalue weighted by Crippen LogP contribution is 2.29. The van der Waals surface area contributed by atoms with Gasteiger partial charge in [-0.2, -0.15) is 0 Å². The fraction of sp³-hybridized carbons (Fsp3) is 0.500. The number of hydrogen-bond acceptors (Lipinski definition) is 5. The van der Waals surface area contributed by atoms with E-state index in [0.717, 1.165) is 23.6 Å². The summed E-state index contributed by atoms with van der Waals surface area (Å²) in [7, 11) is 1.62. The lowest BCUT2D eigenvalue weighted by molar-refractivity contribution is 0.0526. The molecule has 142 valence electrons. The Morgan fingerprint density at radius 1 is 1.31 bits per heavy atom. The largest absolute Gasteiger partial charge is 0.497 e. The van der Waals surface area contributed by atoms with Crippen LogP contribution in [-0.2, 0) is 0 Å². The number of ether oxygens (including phenoxy) is 1. The van der Waals surface area contributed by atoms with Crippen molar-refractivity contribution in [2.24, 2.45) is 11.1 Å². The molecule has 2 aromatic rings. The summed E-state index contributed by atoms with van der Waals surface area (Å²) in [5.74, 6) is 0.682. The van der Waals surface area contributed by atoms with E-state index in [1.165, 1.54) is 0 Å². The Morgan fingerprint density at radius 3 is 2.54 bits per heavy atom. The van der Waals surface area contributed by atoms with Gasteiger partial charge < -0.3 is 15.4 Å². The first kappa shape index (κ1) is 20.2. The molecule has 0 spiro atoms. The maximum Gasteiger partial charge on any atom is 0.276 e. The van der Waals surface area contributed by atoms with Crippen LogP contribution in [0, 0.1) is 12.3 Å². The highest BCUT2D eigenvalue weighted by Gasteiger charge is 2.36. The Morgan fingerprint density at radius 2 is 1.96 bits per heavy atom. The van der Waals surface area contributed by atoms with Crippen LogP contribution in [0.15, 0.2) is 24.3 Å². The van der Waals surface area contributed by atoms with Crippen LogP contribution in [-0.4, -0.2) is 52.0 Å². The van der Waals surface area contributed by atoms with E-state index in [0.29, 0.717) is 18.8 Å². The lowest BCUT2D eigenvalue weighted by Gasteiger charge is -2.42. The molecule has 2 N–H and O–H groups in total. The average molecular weight is 380 g/mol. The van der Waals surface area contributed by atoms with Crippen LogP contribution in [0.5, 0.6) is 5.75 Å². The number of benzene rings is 1. The standard InChI is InChI=1S/C18H25N5O2.ClH/c1-12-16(17(24)22-10-9-15(19)18(2,3)11-22)20-21-23(12)13-5-7-14(25-4)8-6-13;/h5-8,15H,9-11,19H2,1-4H3;1H. The molecule has 8 heteroatoms. The van der Waals surface area contributed by atoms with Gasteiger partial charge in [-0.15, -0.1) is 17.5 Å². The number of aromatic nitrogens is 3. The quantitative estimate of drug-likeness (QED) is 0.883. The van der Waals surface area contributed by atoms with Crippen LogP contribution in [0.3, 0.4) is 0 Å². The molecule has 0 bridgehead atoms. The van der Waals surface area contributed by atoms with Gasteiger partial charge in [0.25, 0.3) is 5.91 Å². The maximum absolute atomic E-state index is 12.9. The summed E-state index contributed by atoms with van der Waals surface area (Å²) in [4.78, 5) is 14.7. The van der Waals surface area contributed by atoms with Crippen molar-refractivity contribution in [1.82, 2.24) is 19.9 Å². The van der Waals surface area contributed by atoms with Crippen LogP contribution in [0.4, 0.5) is 0 Å².